The van der Waals surface area contributed by atoms with Gasteiger partial charge in [0.15, 0.2) is 18.1 Å². The molecule has 0 aliphatic carbocycles. The lowest BCUT2D eigenvalue weighted by atomic mass is 10.2. The second kappa shape index (κ2) is 13.9. The molecule has 3 rings (SSSR count). The number of nitrogens with zero attached hydrogens (tertiary/aromatic N) is 5. The van der Waals surface area contributed by atoms with E-state index in [0.717, 1.165) is 42.2 Å². The van der Waals surface area contributed by atoms with E-state index in [0.29, 0.717) is 56.7 Å². The van der Waals surface area contributed by atoms with Gasteiger partial charge in [-0.25, -0.2) is 4.57 Å². The number of rotatable bonds is 16. The largest absolute Gasteiger partial charge is 0.475 e. The molecule has 0 radical (unpaired) electrons. The van der Waals surface area contributed by atoms with Gasteiger partial charge in [0.1, 0.15) is 7.05 Å². The summed E-state index contributed by atoms with van der Waals surface area (Å²) in [5.41, 5.74) is 1.76. The van der Waals surface area contributed by atoms with Crippen molar-refractivity contribution in [2.24, 2.45) is 7.05 Å². The lowest BCUT2D eigenvalue weighted by Gasteiger charge is -2.07. The van der Waals surface area contributed by atoms with Gasteiger partial charge in [-0.15, -0.1) is 13.7 Å². The van der Waals surface area contributed by atoms with Crippen LogP contribution in [0.5, 0.6) is 17.1 Å². The highest BCUT2D eigenvalue weighted by atomic mass is 32.1. The summed E-state index contributed by atoms with van der Waals surface area (Å²) in [5.74, 6) is 0.573. The molecule has 0 aromatic carbocycles. The normalized spacial score (nSPS) is 10.9. The summed E-state index contributed by atoms with van der Waals surface area (Å²) in [7, 11) is 3.50. The highest BCUT2D eigenvalue weighted by Crippen LogP contribution is 2.26. The van der Waals surface area contributed by atoms with Crippen molar-refractivity contribution < 1.29 is 28.3 Å². The first-order valence-corrected chi connectivity index (χ1v) is 11.8. The summed E-state index contributed by atoms with van der Waals surface area (Å²) >= 11 is 2.33. The fraction of sp³-hybridized carbons (Fsp3) is 0.550. The molecular formula is C20H28N5O5S2+. The van der Waals surface area contributed by atoms with Gasteiger partial charge < -0.3 is 23.7 Å². The van der Waals surface area contributed by atoms with Crippen LogP contribution in [0.1, 0.15) is 19.3 Å². The van der Waals surface area contributed by atoms with E-state index >= 15 is 0 Å². The summed E-state index contributed by atoms with van der Waals surface area (Å²) in [6.45, 7) is 3.65. The van der Waals surface area contributed by atoms with Crippen LogP contribution in [0.2, 0.25) is 0 Å². The van der Waals surface area contributed by atoms with Gasteiger partial charge in [0.25, 0.3) is 11.1 Å². The highest BCUT2D eigenvalue weighted by Gasteiger charge is 2.14. The van der Waals surface area contributed by atoms with Crippen molar-refractivity contribution in [3.8, 4) is 28.3 Å². The van der Waals surface area contributed by atoms with Crippen molar-refractivity contribution in [3.05, 3.63) is 24.5 Å². The molecule has 0 aliphatic heterocycles. The molecule has 0 amide bonds. The van der Waals surface area contributed by atoms with Gasteiger partial charge in [-0.05, 0) is 12.5 Å². The van der Waals surface area contributed by atoms with Crippen LogP contribution in [0.4, 0.5) is 0 Å². The zero-order valence-electron chi connectivity index (χ0n) is 18.3. The molecule has 0 fully saturated rings. The lowest BCUT2D eigenvalue weighted by molar-refractivity contribution is -0.671. The van der Waals surface area contributed by atoms with Crippen LogP contribution in [0.25, 0.3) is 11.3 Å². The minimum absolute atomic E-state index is 0.333. The monoisotopic (exact) mass is 482 g/mol. The predicted molar refractivity (Wildman–Crippen MR) is 119 cm³/mol. The van der Waals surface area contributed by atoms with Crippen molar-refractivity contribution >= 4 is 23.3 Å². The zero-order valence-corrected chi connectivity index (χ0v) is 19.9. The van der Waals surface area contributed by atoms with Crippen molar-refractivity contribution in [1.29, 1.82) is 0 Å². The van der Waals surface area contributed by atoms with Crippen LogP contribution in [-0.2, 0) is 16.5 Å². The minimum atomic E-state index is 0.333. The summed E-state index contributed by atoms with van der Waals surface area (Å²) in [6, 6.07) is 4.30. The Morgan fingerprint density at radius 2 is 1.62 bits per heavy atom. The molecule has 0 N–H and O–H groups in total. The summed E-state index contributed by atoms with van der Waals surface area (Å²) in [4.78, 5) is 4.04. The molecule has 0 unspecified atom stereocenters. The average Bonchev–Trinajstić information content (AvgIpc) is 3.46. The fourth-order valence-corrected chi connectivity index (χ4v) is 3.68. The lowest BCUT2D eigenvalue weighted by Crippen LogP contribution is -2.26. The number of ether oxygens (including phenoxy) is 5. The van der Waals surface area contributed by atoms with E-state index < -0.39 is 0 Å². The third-order valence-corrected chi connectivity index (χ3v) is 5.28. The number of hydrogen-bond acceptors (Lipinski definition) is 11. The molecular weight excluding hydrogens is 454 g/mol. The minimum Gasteiger partial charge on any atom is -0.475 e. The van der Waals surface area contributed by atoms with E-state index in [2.05, 4.69) is 18.1 Å². The summed E-state index contributed by atoms with van der Waals surface area (Å²) in [6.07, 6.45) is 6.39. The Morgan fingerprint density at radius 3 is 2.31 bits per heavy atom. The first-order chi connectivity index (χ1) is 15.8. The van der Waals surface area contributed by atoms with Crippen molar-refractivity contribution in [2.75, 3.05) is 46.8 Å². The summed E-state index contributed by atoms with van der Waals surface area (Å²) in [5, 5.41) is 0.510. The molecule has 0 saturated carbocycles. The Kier molecular flexibility index (Phi) is 10.5. The van der Waals surface area contributed by atoms with Gasteiger partial charge in [0.2, 0.25) is 0 Å². The van der Waals surface area contributed by atoms with Crippen LogP contribution < -0.4 is 18.8 Å². The number of aryl methyl sites for hydroxylation is 1. The van der Waals surface area contributed by atoms with Crippen LogP contribution in [0, 0.1) is 0 Å². The average molecular weight is 483 g/mol. The standard InChI is InChI=1S/C20H28N5O5S2/c1-25-8-3-7-16(15-25)17-18(23-32-22-17)29-13-5-11-27-9-4-10-28-12-6-14-30-20-21-19(26-2)24-31-20/h3,7-8,15H,4-6,9-14H2,1-2H3/q+1. The third kappa shape index (κ3) is 8.26. The molecule has 32 heavy (non-hydrogen) atoms. The fourth-order valence-electron chi connectivity index (χ4n) is 2.64. The second-order valence-electron chi connectivity index (χ2n) is 6.71. The van der Waals surface area contributed by atoms with Crippen molar-refractivity contribution in [1.82, 2.24) is 18.1 Å². The Hall–Kier alpha value is -2.41. The van der Waals surface area contributed by atoms with Crippen LogP contribution in [0.15, 0.2) is 24.5 Å². The topological polar surface area (TPSA) is 102 Å². The number of methoxy groups -OCH3 is 1. The SMILES string of the molecule is COc1nsc(OCCCOCCCOCCCOc2nsnc2-c2ccc[n+](C)c2)n1. The van der Waals surface area contributed by atoms with E-state index in [9.17, 15) is 0 Å². The smallest absolute Gasteiger partial charge is 0.331 e. The highest BCUT2D eigenvalue weighted by molar-refractivity contribution is 7.07. The maximum atomic E-state index is 5.79. The summed E-state index contributed by atoms with van der Waals surface area (Å²) < 4.78 is 41.9. The molecule has 3 aromatic rings. The van der Waals surface area contributed by atoms with Crippen LogP contribution in [0.3, 0.4) is 0 Å². The van der Waals surface area contributed by atoms with Gasteiger partial charge >= 0.3 is 6.01 Å². The van der Waals surface area contributed by atoms with Gasteiger partial charge in [-0.3, -0.25) is 0 Å². The van der Waals surface area contributed by atoms with Crippen molar-refractivity contribution in [3.63, 3.8) is 0 Å². The number of pyridine rings is 1. The first kappa shape index (κ1) is 24.2. The molecule has 0 spiro atoms. The van der Waals surface area contributed by atoms with E-state index in [-0.39, 0.29) is 0 Å². The van der Waals surface area contributed by atoms with Gasteiger partial charge in [-0.1, -0.05) is 0 Å². The van der Waals surface area contributed by atoms with E-state index in [1.54, 1.807) is 0 Å². The Morgan fingerprint density at radius 1 is 0.906 bits per heavy atom. The maximum absolute atomic E-state index is 5.79. The first-order valence-electron chi connectivity index (χ1n) is 10.3. The second-order valence-corrected chi connectivity index (χ2v) is 7.95. The van der Waals surface area contributed by atoms with E-state index in [1.807, 2.05) is 36.1 Å². The number of hydrogen-bond donors (Lipinski definition) is 0. The Balaban J connectivity index is 1.15. The molecule has 3 heterocycles. The van der Waals surface area contributed by atoms with Crippen LogP contribution >= 0.6 is 23.3 Å². The maximum Gasteiger partial charge on any atom is 0.331 e. The van der Waals surface area contributed by atoms with Crippen LogP contribution in [-0.4, -0.2) is 64.9 Å². The van der Waals surface area contributed by atoms with E-state index in [4.69, 9.17) is 23.7 Å². The van der Waals surface area contributed by atoms with Crippen molar-refractivity contribution in [2.45, 2.75) is 19.3 Å². The number of aromatic nitrogens is 5. The van der Waals surface area contributed by atoms with Gasteiger partial charge in [-0.2, -0.15) is 4.37 Å². The molecule has 0 bridgehead atoms. The molecule has 0 aliphatic rings. The molecule has 12 heteroatoms. The predicted octanol–water partition coefficient (Wildman–Crippen LogP) is 2.55. The Labute approximate surface area is 195 Å². The quantitative estimate of drug-likeness (QED) is 0.225. The molecule has 0 atom stereocenters. The van der Waals surface area contributed by atoms with E-state index in [1.165, 1.54) is 18.6 Å². The molecule has 0 saturated heterocycles. The van der Waals surface area contributed by atoms with Gasteiger partial charge in [0, 0.05) is 56.9 Å². The zero-order chi connectivity index (χ0) is 22.4. The Bertz CT molecular complexity index is 923. The molecule has 10 nitrogen and oxygen atoms in total. The third-order valence-electron chi connectivity index (χ3n) is 4.15. The van der Waals surface area contributed by atoms with Gasteiger partial charge in [0.05, 0.1) is 37.6 Å². The molecule has 174 valence electrons. The molecule has 3 aromatic heterocycles.